The molecule has 7 heteroatoms. The Morgan fingerprint density at radius 1 is 1.14 bits per heavy atom. The van der Waals surface area contributed by atoms with Gasteiger partial charge in [-0.25, -0.2) is 4.98 Å². The first-order chi connectivity index (χ1) is 14.2. The maximum absolute atomic E-state index is 12.6. The fourth-order valence-corrected chi connectivity index (χ4v) is 3.61. The van der Waals surface area contributed by atoms with Crippen LogP contribution in [0.25, 0.3) is 11.5 Å². The monoisotopic (exact) mass is 389 g/mol. The Balaban J connectivity index is 1.40. The van der Waals surface area contributed by atoms with Gasteiger partial charge in [-0.2, -0.15) is 0 Å². The minimum absolute atomic E-state index is 0.00910. The number of hydrogen-bond donors (Lipinski definition) is 2. The van der Waals surface area contributed by atoms with Gasteiger partial charge in [-0.05, 0) is 37.1 Å². The third-order valence-electron chi connectivity index (χ3n) is 5.04. The average Bonchev–Trinajstić information content (AvgIpc) is 2.75. The van der Waals surface area contributed by atoms with E-state index in [1.165, 1.54) is 11.8 Å². The molecule has 148 valence electrons. The molecule has 2 aromatic heterocycles. The summed E-state index contributed by atoms with van der Waals surface area (Å²) < 4.78 is 0. The van der Waals surface area contributed by atoms with E-state index < -0.39 is 11.5 Å². The summed E-state index contributed by atoms with van der Waals surface area (Å²) in [6.07, 6.45) is 4.85. The average molecular weight is 389 g/mol. The molecule has 1 amide bonds. The molecule has 1 aromatic carbocycles. The van der Waals surface area contributed by atoms with Crippen molar-refractivity contribution >= 4 is 5.91 Å². The van der Waals surface area contributed by atoms with Crippen molar-refractivity contribution in [2.75, 3.05) is 13.1 Å². The van der Waals surface area contributed by atoms with E-state index >= 15 is 0 Å². The van der Waals surface area contributed by atoms with Crippen LogP contribution in [-0.2, 0) is 6.54 Å². The second-order valence-corrected chi connectivity index (χ2v) is 7.22. The Morgan fingerprint density at radius 2 is 1.97 bits per heavy atom. The van der Waals surface area contributed by atoms with Crippen molar-refractivity contribution in [2.45, 2.75) is 25.4 Å². The van der Waals surface area contributed by atoms with Gasteiger partial charge in [0.05, 0.1) is 0 Å². The summed E-state index contributed by atoms with van der Waals surface area (Å²) >= 11 is 0. The number of hydrogen-bond acceptors (Lipinski definition) is 5. The fraction of sp³-hybridized carbons (Fsp3) is 0.273. The molecule has 1 atom stereocenters. The van der Waals surface area contributed by atoms with Crippen LogP contribution < -0.4 is 10.9 Å². The van der Waals surface area contributed by atoms with Crippen molar-refractivity contribution in [1.29, 1.82) is 0 Å². The summed E-state index contributed by atoms with van der Waals surface area (Å²) in [5, 5.41) is 2.99. The number of H-pyrrole nitrogens is 1. The number of pyridine rings is 1. The topological polar surface area (TPSA) is 91.0 Å². The maximum Gasteiger partial charge on any atom is 0.264 e. The highest BCUT2D eigenvalue weighted by Crippen LogP contribution is 2.14. The van der Waals surface area contributed by atoms with Gasteiger partial charge in [0.25, 0.3) is 11.5 Å². The van der Waals surface area contributed by atoms with Crippen molar-refractivity contribution < 1.29 is 4.79 Å². The summed E-state index contributed by atoms with van der Waals surface area (Å²) in [5.74, 6) is -0.0447. The number of piperidine rings is 1. The van der Waals surface area contributed by atoms with Crippen LogP contribution in [0.15, 0.2) is 65.7 Å². The van der Waals surface area contributed by atoms with Gasteiger partial charge in [-0.1, -0.05) is 36.4 Å². The molecule has 0 spiro atoms. The zero-order chi connectivity index (χ0) is 20.1. The quantitative estimate of drug-likeness (QED) is 0.698. The Kier molecular flexibility index (Phi) is 5.76. The van der Waals surface area contributed by atoms with E-state index in [9.17, 15) is 9.59 Å². The standard InChI is InChI=1S/C22H23N5O2/c28-21(18-13-24-20(26-22(18)29)19-10-4-5-11-23-19)25-17-9-6-12-27(15-17)14-16-7-2-1-3-8-16/h1-5,7-8,10-11,13,17H,6,9,12,14-15H2,(H,25,28)(H,24,26,29)/t17-/m0/s1. The molecule has 4 rings (SSSR count). The molecular weight excluding hydrogens is 366 g/mol. The third-order valence-corrected chi connectivity index (χ3v) is 5.04. The second kappa shape index (κ2) is 8.79. The van der Waals surface area contributed by atoms with Crippen molar-refractivity contribution in [3.8, 4) is 11.5 Å². The molecule has 1 fully saturated rings. The van der Waals surface area contributed by atoms with Crippen LogP contribution >= 0.6 is 0 Å². The van der Waals surface area contributed by atoms with Crippen LogP contribution in [0.2, 0.25) is 0 Å². The predicted octanol–water partition coefficient (Wildman–Crippen LogP) is 2.23. The lowest BCUT2D eigenvalue weighted by atomic mass is 10.0. The van der Waals surface area contributed by atoms with E-state index in [0.717, 1.165) is 32.5 Å². The molecule has 7 nitrogen and oxygen atoms in total. The van der Waals surface area contributed by atoms with Crippen molar-refractivity contribution in [1.82, 2.24) is 25.2 Å². The van der Waals surface area contributed by atoms with Gasteiger partial charge >= 0.3 is 0 Å². The molecule has 1 aliphatic rings. The maximum atomic E-state index is 12.6. The lowest BCUT2D eigenvalue weighted by molar-refractivity contribution is 0.0899. The Labute approximate surface area is 168 Å². The number of likely N-dealkylation sites (tertiary alicyclic amines) is 1. The lowest BCUT2D eigenvalue weighted by Crippen LogP contribution is -2.48. The smallest absolute Gasteiger partial charge is 0.264 e. The van der Waals surface area contributed by atoms with Gasteiger partial charge in [-0.3, -0.25) is 19.5 Å². The molecule has 1 saturated heterocycles. The second-order valence-electron chi connectivity index (χ2n) is 7.22. The highest BCUT2D eigenvalue weighted by Gasteiger charge is 2.23. The first-order valence-electron chi connectivity index (χ1n) is 9.77. The molecule has 0 aliphatic carbocycles. The molecule has 0 radical (unpaired) electrons. The predicted molar refractivity (Wildman–Crippen MR) is 110 cm³/mol. The van der Waals surface area contributed by atoms with Crippen LogP contribution in [0.4, 0.5) is 0 Å². The minimum atomic E-state index is -0.463. The molecule has 0 bridgehead atoms. The lowest BCUT2D eigenvalue weighted by Gasteiger charge is -2.33. The molecular formula is C22H23N5O2. The number of carbonyl (C=O) groups excluding carboxylic acids is 1. The third kappa shape index (κ3) is 4.75. The minimum Gasteiger partial charge on any atom is -0.348 e. The highest BCUT2D eigenvalue weighted by molar-refractivity contribution is 5.93. The summed E-state index contributed by atoms with van der Waals surface area (Å²) in [5.41, 5.74) is 1.37. The highest BCUT2D eigenvalue weighted by atomic mass is 16.2. The SMILES string of the molecule is O=C(N[C@H]1CCCN(Cc2ccccc2)C1)c1cnc(-c2ccccn2)[nH]c1=O. The van der Waals surface area contributed by atoms with Crippen LogP contribution in [0.3, 0.4) is 0 Å². The van der Waals surface area contributed by atoms with Gasteiger partial charge in [0.15, 0.2) is 5.82 Å². The Morgan fingerprint density at radius 3 is 2.72 bits per heavy atom. The number of nitrogens with zero attached hydrogens (tertiary/aromatic N) is 3. The fourth-order valence-electron chi connectivity index (χ4n) is 3.61. The first-order valence-corrected chi connectivity index (χ1v) is 9.77. The summed E-state index contributed by atoms with van der Waals surface area (Å²) in [6.45, 7) is 2.62. The first kappa shape index (κ1) is 19.0. The van der Waals surface area contributed by atoms with Crippen LogP contribution in [0, 0.1) is 0 Å². The van der Waals surface area contributed by atoms with Gasteiger partial charge in [0.1, 0.15) is 11.3 Å². The van der Waals surface area contributed by atoms with Gasteiger partial charge in [-0.15, -0.1) is 0 Å². The Hall–Kier alpha value is -3.32. The zero-order valence-electron chi connectivity index (χ0n) is 16.0. The van der Waals surface area contributed by atoms with Crippen LogP contribution in [0.5, 0.6) is 0 Å². The number of aromatic amines is 1. The number of benzene rings is 1. The summed E-state index contributed by atoms with van der Waals surface area (Å²) in [7, 11) is 0. The van der Waals surface area contributed by atoms with Gasteiger partial charge < -0.3 is 10.3 Å². The normalized spacial score (nSPS) is 17.0. The van der Waals surface area contributed by atoms with E-state index in [1.807, 2.05) is 24.3 Å². The molecule has 29 heavy (non-hydrogen) atoms. The number of amides is 1. The number of carbonyl (C=O) groups is 1. The summed E-state index contributed by atoms with van der Waals surface area (Å²) in [4.78, 5) is 38.4. The van der Waals surface area contributed by atoms with E-state index in [2.05, 4.69) is 37.3 Å². The number of rotatable bonds is 5. The van der Waals surface area contributed by atoms with Crippen LogP contribution in [-0.4, -0.2) is 44.9 Å². The number of aromatic nitrogens is 3. The molecule has 3 heterocycles. The van der Waals surface area contributed by atoms with Gasteiger partial charge in [0.2, 0.25) is 0 Å². The van der Waals surface area contributed by atoms with Crippen molar-refractivity contribution in [3.05, 3.63) is 82.4 Å². The molecule has 0 saturated carbocycles. The largest absolute Gasteiger partial charge is 0.348 e. The Bertz CT molecular complexity index is 1020. The molecule has 1 aliphatic heterocycles. The van der Waals surface area contributed by atoms with Crippen LogP contribution in [0.1, 0.15) is 28.8 Å². The van der Waals surface area contributed by atoms with E-state index in [-0.39, 0.29) is 11.6 Å². The summed E-state index contributed by atoms with van der Waals surface area (Å²) in [6, 6.07) is 15.7. The van der Waals surface area contributed by atoms with E-state index in [4.69, 9.17) is 0 Å². The zero-order valence-corrected chi connectivity index (χ0v) is 16.0. The number of nitrogens with one attached hydrogen (secondary N) is 2. The van der Waals surface area contributed by atoms with E-state index in [0.29, 0.717) is 11.5 Å². The van der Waals surface area contributed by atoms with Crippen molar-refractivity contribution in [2.24, 2.45) is 0 Å². The molecule has 3 aromatic rings. The molecule has 0 unspecified atom stereocenters. The van der Waals surface area contributed by atoms with E-state index in [1.54, 1.807) is 18.3 Å². The van der Waals surface area contributed by atoms with Crippen molar-refractivity contribution in [3.63, 3.8) is 0 Å². The molecule has 2 N–H and O–H groups in total. The van der Waals surface area contributed by atoms with Gasteiger partial charge in [0, 0.05) is 31.5 Å².